The molecule has 4 heteroatoms. The van der Waals surface area contributed by atoms with Gasteiger partial charge in [-0.1, -0.05) is 13.8 Å². The van der Waals surface area contributed by atoms with Gasteiger partial charge in [0, 0.05) is 18.9 Å². The summed E-state index contributed by atoms with van der Waals surface area (Å²) in [6, 6.07) is 0. The number of nitrogens with zero attached hydrogens (tertiary/aromatic N) is 2. The third-order valence-corrected chi connectivity index (χ3v) is 4.98. The molecule has 0 spiro atoms. The van der Waals surface area contributed by atoms with E-state index in [2.05, 4.69) is 46.7 Å². The zero-order chi connectivity index (χ0) is 12.2. The molecule has 3 rings (SSSR count). The summed E-state index contributed by atoms with van der Waals surface area (Å²) >= 11 is 2.38. The van der Waals surface area contributed by atoms with E-state index in [4.69, 9.17) is 4.98 Å². The molecule has 0 saturated heterocycles. The molecule has 3 nitrogen and oxygen atoms in total. The Labute approximate surface area is 116 Å². The summed E-state index contributed by atoms with van der Waals surface area (Å²) < 4.78 is 1.22. The monoisotopic (exact) mass is 343 g/mol. The lowest BCUT2D eigenvalue weighted by Crippen LogP contribution is -2.07. The van der Waals surface area contributed by atoms with Gasteiger partial charge < -0.3 is 5.32 Å². The maximum Gasteiger partial charge on any atom is 0.143 e. The minimum absolute atomic E-state index is 0.401. The van der Waals surface area contributed by atoms with Gasteiger partial charge in [0.2, 0.25) is 0 Å². The highest BCUT2D eigenvalue weighted by atomic mass is 127. The van der Waals surface area contributed by atoms with Crippen LogP contribution in [0, 0.1) is 8.99 Å². The van der Waals surface area contributed by atoms with Gasteiger partial charge >= 0.3 is 0 Å². The smallest absolute Gasteiger partial charge is 0.143 e. The third-order valence-electron chi connectivity index (χ3n) is 3.92. The Balaban J connectivity index is 2.02. The molecule has 0 amide bonds. The van der Waals surface area contributed by atoms with Gasteiger partial charge in [-0.2, -0.15) is 0 Å². The van der Waals surface area contributed by atoms with Crippen molar-refractivity contribution in [3.8, 4) is 0 Å². The van der Waals surface area contributed by atoms with E-state index in [1.807, 2.05) is 7.05 Å². The summed E-state index contributed by atoms with van der Waals surface area (Å²) in [7, 11) is 1.95. The summed E-state index contributed by atoms with van der Waals surface area (Å²) in [6.45, 7) is 4.60. The van der Waals surface area contributed by atoms with Crippen molar-refractivity contribution in [2.45, 2.75) is 44.9 Å². The first kappa shape index (κ1) is 11.7. The maximum absolute atomic E-state index is 4.84. The second-order valence-corrected chi connectivity index (χ2v) is 6.98. The van der Waals surface area contributed by atoms with Crippen molar-refractivity contribution < 1.29 is 0 Å². The van der Waals surface area contributed by atoms with Crippen molar-refractivity contribution in [2.24, 2.45) is 5.41 Å². The predicted octanol–water partition coefficient (Wildman–Crippen LogP) is 3.51. The van der Waals surface area contributed by atoms with E-state index in [0.29, 0.717) is 17.3 Å². The van der Waals surface area contributed by atoms with E-state index in [0.717, 1.165) is 11.6 Å². The molecule has 2 aliphatic carbocycles. The van der Waals surface area contributed by atoms with Crippen LogP contribution in [0.4, 0.5) is 5.82 Å². The standard InChI is InChI=1S/C13H18IN3/c1-13(2)6-8(13)11-16-10(7-4-5-7)9(14)12(15-3)17-11/h7-8H,4-6H2,1-3H3,(H,15,16,17). The molecule has 2 fully saturated rings. The fraction of sp³-hybridized carbons (Fsp3) is 0.692. The average molecular weight is 343 g/mol. The van der Waals surface area contributed by atoms with Crippen LogP contribution >= 0.6 is 22.6 Å². The van der Waals surface area contributed by atoms with Gasteiger partial charge in [0.15, 0.2) is 0 Å². The largest absolute Gasteiger partial charge is 0.372 e. The summed E-state index contributed by atoms with van der Waals surface area (Å²) in [6.07, 6.45) is 3.81. The first-order chi connectivity index (χ1) is 8.03. The first-order valence-electron chi connectivity index (χ1n) is 6.28. The second-order valence-electron chi connectivity index (χ2n) is 5.90. The van der Waals surface area contributed by atoms with E-state index < -0.39 is 0 Å². The highest BCUT2D eigenvalue weighted by Gasteiger charge is 2.49. The lowest BCUT2D eigenvalue weighted by molar-refractivity contribution is 0.606. The number of nitrogens with one attached hydrogen (secondary N) is 1. The number of aromatic nitrogens is 2. The van der Waals surface area contributed by atoms with Crippen molar-refractivity contribution in [1.29, 1.82) is 0 Å². The van der Waals surface area contributed by atoms with E-state index in [9.17, 15) is 0 Å². The lowest BCUT2D eigenvalue weighted by atomic mass is 10.1. The van der Waals surface area contributed by atoms with Crippen LogP contribution in [0.15, 0.2) is 0 Å². The molecule has 17 heavy (non-hydrogen) atoms. The van der Waals surface area contributed by atoms with Crippen LogP contribution < -0.4 is 5.32 Å². The van der Waals surface area contributed by atoms with Gasteiger partial charge in [-0.05, 0) is 47.3 Å². The van der Waals surface area contributed by atoms with Crippen LogP contribution in [0.3, 0.4) is 0 Å². The Bertz CT molecular complexity index is 466. The van der Waals surface area contributed by atoms with Crippen LogP contribution in [0.2, 0.25) is 0 Å². The minimum atomic E-state index is 0.401. The molecule has 92 valence electrons. The molecule has 1 unspecified atom stereocenters. The van der Waals surface area contributed by atoms with Crippen molar-refractivity contribution in [1.82, 2.24) is 9.97 Å². The second kappa shape index (κ2) is 3.80. The molecule has 1 aromatic heterocycles. The quantitative estimate of drug-likeness (QED) is 0.854. The Morgan fingerprint density at radius 2 is 1.94 bits per heavy atom. The SMILES string of the molecule is CNc1nc(C2CC2(C)C)nc(C2CC2)c1I. The Morgan fingerprint density at radius 3 is 2.41 bits per heavy atom. The van der Waals surface area contributed by atoms with Gasteiger partial charge in [-0.3, -0.25) is 0 Å². The van der Waals surface area contributed by atoms with Crippen LogP contribution in [0.1, 0.15) is 56.5 Å². The fourth-order valence-corrected chi connectivity index (χ4v) is 3.29. The summed E-state index contributed by atoms with van der Waals surface area (Å²) in [5, 5.41) is 3.21. The minimum Gasteiger partial charge on any atom is -0.372 e. The number of rotatable bonds is 3. The Morgan fingerprint density at radius 1 is 1.29 bits per heavy atom. The molecule has 1 aromatic rings. The van der Waals surface area contributed by atoms with Crippen molar-refractivity contribution >= 4 is 28.4 Å². The topological polar surface area (TPSA) is 37.8 Å². The lowest BCUT2D eigenvalue weighted by Gasteiger charge is -2.11. The van der Waals surface area contributed by atoms with Crippen LogP contribution in [0.25, 0.3) is 0 Å². The Hall–Kier alpha value is -0.390. The molecule has 0 radical (unpaired) electrons. The summed E-state index contributed by atoms with van der Waals surface area (Å²) in [5.41, 5.74) is 1.68. The fourth-order valence-electron chi connectivity index (χ4n) is 2.34. The number of hydrogen-bond acceptors (Lipinski definition) is 3. The molecule has 2 saturated carbocycles. The average Bonchev–Trinajstić information content (AvgIpc) is 3.16. The van der Waals surface area contributed by atoms with Gasteiger partial charge in [0.1, 0.15) is 11.6 Å². The summed E-state index contributed by atoms with van der Waals surface area (Å²) in [5.74, 6) is 3.32. The van der Waals surface area contributed by atoms with Gasteiger partial charge in [0.25, 0.3) is 0 Å². The van der Waals surface area contributed by atoms with Crippen LogP contribution in [0.5, 0.6) is 0 Å². The number of anilines is 1. The van der Waals surface area contributed by atoms with Crippen LogP contribution in [-0.2, 0) is 0 Å². The molecular weight excluding hydrogens is 325 g/mol. The summed E-state index contributed by atoms with van der Waals surface area (Å²) in [4.78, 5) is 9.53. The van der Waals surface area contributed by atoms with Crippen LogP contribution in [-0.4, -0.2) is 17.0 Å². The van der Waals surface area contributed by atoms with E-state index >= 15 is 0 Å². The highest BCUT2D eigenvalue weighted by Crippen LogP contribution is 2.58. The normalized spacial score (nSPS) is 25.8. The molecule has 1 N–H and O–H groups in total. The van der Waals surface area contributed by atoms with Crippen molar-refractivity contribution in [3.63, 3.8) is 0 Å². The maximum atomic E-state index is 4.84. The third kappa shape index (κ3) is 2.04. The molecule has 0 aliphatic heterocycles. The molecule has 2 aliphatic rings. The molecule has 1 atom stereocenters. The molecule has 0 bridgehead atoms. The predicted molar refractivity (Wildman–Crippen MR) is 77.4 cm³/mol. The molecular formula is C13H18IN3. The number of halogens is 1. The molecule has 0 aromatic carbocycles. The highest BCUT2D eigenvalue weighted by molar-refractivity contribution is 14.1. The van der Waals surface area contributed by atoms with Crippen molar-refractivity contribution in [2.75, 3.05) is 12.4 Å². The van der Waals surface area contributed by atoms with E-state index in [1.165, 1.54) is 28.5 Å². The van der Waals surface area contributed by atoms with Gasteiger partial charge in [-0.25, -0.2) is 9.97 Å². The number of hydrogen-bond donors (Lipinski definition) is 1. The zero-order valence-corrected chi connectivity index (χ0v) is 12.7. The Kier molecular flexibility index (Phi) is 2.61. The van der Waals surface area contributed by atoms with Crippen molar-refractivity contribution in [3.05, 3.63) is 15.1 Å². The first-order valence-corrected chi connectivity index (χ1v) is 7.36. The van der Waals surface area contributed by atoms with E-state index in [1.54, 1.807) is 0 Å². The van der Waals surface area contributed by atoms with E-state index in [-0.39, 0.29) is 0 Å². The van der Waals surface area contributed by atoms with Gasteiger partial charge in [0.05, 0.1) is 9.26 Å². The van der Waals surface area contributed by atoms with Gasteiger partial charge in [-0.15, -0.1) is 0 Å². The molecule has 1 heterocycles. The zero-order valence-electron chi connectivity index (χ0n) is 10.5.